The second-order valence-electron chi connectivity index (χ2n) is 4.46. The van der Waals surface area contributed by atoms with Crippen molar-refractivity contribution in [2.24, 2.45) is 0 Å². The zero-order valence-electron chi connectivity index (χ0n) is 12.0. The molecule has 0 spiro atoms. The van der Waals surface area contributed by atoms with E-state index in [-0.39, 0.29) is 12.4 Å². The fraction of sp³-hybridized carbons (Fsp3) is 0.357. The summed E-state index contributed by atoms with van der Waals surface area (Å²) in [6.45, 7) is 6.11. The number of hydrogen-bond donors (Lipinski definition) is 1. The third kappa shape index (κ3) is 2.01. The molecule has 0 aliphatic carbocycles. The highest BCUT2D eigenvalue weighted by molar-refractivity contribution is 6.08. The number of aromatic nitrogens is 3. The van der Waals surface area contributed by atoms with Crippen molar-refractivity contribution >= 4 is 28.0 Å². The molecule has 0 radical (unpaired) electrons. The number of nitrogens with one attached hydrogen (secondary N) is 1. The number of pyridine rings is 1. The van der Waals surface area contributed by atoms with E-state index in [1.54, 1.807) is 13.1 Å². The highest BCUT2D eigenvalue weighted by Crippen LogP contribution is 2.37. The van der Waals surface area contributed by atoms with E-state index in [2.05, 4.69) is 15.2 Å². The van der Waals surface area contributed by atoms with Gasteiger partial charge in [-0.05, 0) is 20.8 Å². The maximum atomic E-state index is 12.0. The molecule has 0 atom stereocenters. The monoisotopic (exact) mass is 289 g/mol. The van der Waals surface area contributed by atoms with Gasteiger partial charge in [-0.1, -0.05) is 0 Å². The number of carbonyl (C=O) groups is 1. The molecule has 0 fully saturated rings. The van der Waals surface area contributed by atoms with E-state index >= 15 is 0 Å². The molecule has 3 aromatic heterocycles. The van der Waals surface area contributed by atoms with Crippen LogP contribution in [0.1, 0.15) is 30.1 Å². The Balaban J connectivity index is 2.31. The quantitative estimate of drug-likeness (QED) is 0.742. The van der Waals surface area contributed by atoms with Crippen LogP contribution >= 0.6 is 0 Å². The van der Waals surface area contributed by atoms with Gasteiger partial charge in [0.2, 0.25) is 0 Å². The van der Waals surface area contributed by atoms with Crippen molar-refractivity contribution in [3.05, 3.63) is 17.7 Å². The van der Waals surface area contributed by atoms with Gasteiger partial charge in [-0.15, -0.1) is 0 Å². The molecule has 110 valence electrons. The third-order valence-electron chi connectivity index (χ3n) is 3.12. The molecular formula is C14H15N3O4. The molecule has 0 saturated carbocycles. The normalized spacial score (nSPS) is 11.2. The summed E-state index contributed by atoms with van der Waals surface area (Å²) < 4.78 is 16.3. The van der Waals surface area contributed by atoms with Crippen LogP contribution in [0.2, 0.25) is 0 Å². The lowest BCUT2D eigenvalue weighted by molar-refractivity contribution is 0.0487. The lowest BCUT2D eigenvalue weighted by atomic mass is 10.2. The van der Waals surface area contributed by atoms with Crippen LogP contribution in [0.4, 0.5) is 0 Å². The van der Waals surface area contributed by atoms with Crippen LogP contribution < -0.4 is 4.74 Å². The molecular weight excluding hydrogens is 274 g/mol. The van der Waals surface area contributed by atoms with Crippen LogP contribution in [0.5, 0.6) is 5.75 Å². The van der Waals surface area contributed by atoms with Crippen molar-refractivity contribution in [3.63, 3.8) is 0 Å². The number of nitrogens with zero attached hydrogens (tertiary/aromatic N) is 2. The fourth-order valence-electron chi connectivity index (χ4n) is 2.26. The average Bonchev–Trinajstić information content (AvgIpc) is 3.01. The Morgan fingerprint density at radius 1 is 1.38 bits per heavy atom. The van der Waals surface area contributed by atoms with Gasteiger partial charge in [0, 0.05) is 11.9 Å². The van der Waals surface area contributed by atoms with E-state index < -0.39 is 5.97 Å². The Kier molecular flexibility index (Phi) is 3.25. The summed E-state index contributed by atoms with van der Waals surface area (Å²) in [5.74, 6) is -0.129. The number of aromatic amines is 1. The van der Waals surface area contributed by atoms with Crippen LogP contribution in [-0.4, -0.2) is 34.4 Å². The fourth-order valence-corrected chi connectivity index (χ4v) is 2.26. The number of carbonyl (C=O) groups excluding carboxylic acids is 1. The van der Waals surface area contributed by atoms with Gasteiger partial charge in [0.15, 0.2) is 17.0 Å². The van der Waals surface area contributed by atoms with Gasteiger partial charge in [-0.3, -0.25) is 5.10 Å². The van der Waals surface area contributed by atoms with E-state index in [4.69, 9.17) is 13.9 Å². The Hall–Kier alpha value is -2.57. The molecule has 3 heterocycles. The van der Waals surface area contributed by atoms with E-state index in [1.807, 2.05) is 13.8 Å². The van der Waals surface area contributed by atoms with E-state index in [1.165, 1.54) is 0 Å². The second kappa shape index (κ2) is 5.08. The van der Waals surface area contributed by atoms with Gasteiger partial charge in [-0.2, -0.15) is 5.10 Å². The van der Waals surface area contributed by atoms with Crippen molar-refractivity contribution in [1.82, 2.24) is 15.2 Å². The average molecular weight is 289 g/mol. The van der Waals surface area contributed by atoms with Gasteiger partial charge >= 0.3 is 5.97 Å². The number of H-pyrrole nitrogens is 1. The Bertz CT molecular complexity index is 818. The Morgan fingerprint density at radius 2 is 2.19 bits per heavy atom. The van der Waals surface area contributed by atoms with Crippen molar-refractivity contribution in [3.8, 4) is 5.75 Å². The molecule has 0 saturated heterocycles. The molecule has 0 amide bonds. The van der Waals surface area contributed by atoms with Crippen molar-refractivity contribution in [2.45, 2.75) is 20.8 Å². The summed E-state index contributed by atoms with van der Waals surface area (Å²) in [5.41, 5.74) is 1.88. The van der Waals surface area contributed by atoms with Crippen molar-refractivity contribution < 1.29 is 18.7 Å². The first-order valence-electron chi connectivity index (χ1n) is 6.73. The Labute approximate surface area is 120 Å². The first-order chi connectivity index (χ1) is 10.2. The van der Waals surface area contributed by atoms with Crippen LogP contribution in [0.3, 0.4) is 0 Å². The SMILES string of the molecule is CCOC(=O)c1oc2c(cnc3n[nH]c(C)c32)c1OCC. The van der Waals surface area contributed by atoms with Gasteiger partial charge in [0.1, 0.15) is 0 Å². The predicted molar refractivity (Wildman–Crippen MR) is 75.5 cm³/mol. The molecule has 0 unspecified atom stereocenters. The van der Waals surface area contributed by atoms with Crippen molar-refractivity contribution in [1.29, 1.82) is 0 Å². The summed E-state index contributed by atoms with van der Waals surface area (Å²) in [6.07, 6.45) is 1.59. The highest BCUT2D eigenvalue weighted by atomic mass is 16.6. The summed E-state index contributed by atoms with van der Waals surface area (Å²) in [4.78, 5) is 16.3. The van der Waals surface area contributed by atoms with Gasteiger partial charge < -0.3 is 13.9 Å². The van der Waals surface area contributed by atoms with Crippen LogP contribution in [0.25, 0.3) is 22.0 Å². The first-order valence-corrected chi connectivity index (χ1v) is 6.73. The third-order valence-corrected chi connectivity index (χ3v) is 3.12. The topological polar surface area (TPSA) is 90.2 Å². The standard InChI is InChI=1S/C14H15N3O4/c1-4-19-11-8-6-15-13-9(7(3)16-17-13)10(8)21-12(11)14(18)20-5-2/h6H,4-5H2,1-3H3,(H,15,16,17). The molecule has 3 rings (SSSR count). The van der Waals surface area contributed by atoms with Crippen LogP contribution in [0.15, 0.2) is 10.6 Å². The molecule has 0 aliphatic heterocycles. The van der Waals surface area contributed by atoms with Crippen LogP contribution in [0, 0.1) is 6.92 Å². The molecule has 7 nitrogen and oxygen atoms in total. The lowest BCUT2D eigenvalue weighted by Gasteiger charge is -2.03. The Morgan fingerprint density at radius 3 is 2.90 bits per heavy atom. The molecule has 0 aromatic carbocycles. The smallest absolute Gasteiger partial charge is 0.378 e. The maximum absolute atomic E-state index is 12.0. The maximum Gasteiger partial charge on any atom is 0.378 e. The first kappa shape index (κ1) is 13.4. The molecule has 7 heteroatoms. The van der Waals surface area contributed by atoms with Gasteiger partial charge in [-0.25, -0.2) is 9.78 Å². The zero-order chi connectivity index (χ0) is 15.0. The summed E-state index contributed by atoms with van der Waals surface area (Å²) in [5, 5.41) is 8.31. The highest BCUT2D eigenvalue weighted by Gasteiger charge is 2.25. The van der Waals surface area contributed by atoms with E-state index in [9.17, 15) is 4.79 Å². The molecule has 1 N–H and O–H groups in total. The minimum atomic E-state index is -0.550. The predicted octanol–water partition coefficient (Wildman–Crippen LogP) is 2.59. The molecule has 0 bridgehead atoms. The van der Waals surface area contributed by atoms with E-state index in [0.717, 1.165) is 11.1 Å². The number of esters is 1. The number of rotatable bonds is 4. The lowest BCUT2D eigenvalue weighted by Crippen LogP contribution is -2.05. The second-order valence-corrected chi connectivity index (χ2v) is 4.46. The number of furan rings is 1. The number of ether oxygens (including phenoxy) is 2. The van der Waals surface area contributed by atoms with Crippen LogP contribution in [-0.2, 0) is 4.74 Å². The minimum absolute atomic E-state index is 0.0589. The number of aryl methyl sites for hydroxylation is 1. The van der Waals surface area contributed by atoms with Crippen molar-refractivity contribution in [2.75, 3.05) is 13.2 Å². The zero-order valence-corrected chi connectivity index (χ0v) is 12.0. The number of hydrogen-bond acceptors (Lipinski definition) is 6. The largest absolute Gasteiger partial charge is 0.489 e. The summed E-state index contributed by atoms with van der Waals surface area (Å²) in [6, 6.07) is 0. The number of fused-ring (bicyclic) bond motifs is 3. The van der Waals surface area contributed by atoms with Gasteiger partial charge in [0.05, 0.1) is 24.0 Å². The molecule has 3 aromatic rings. The molecule has 0 aliphatic rings. The van der Waals surface area contributed by atoms with Gasteiger partial charge in [0.25, 0.3) is 5.76 Å². The minimum Gasteiger partial charge on any atom is -0.489 e. The summed E-state index contributed by atoms with van der Waals surface area (Å²) in [7, 11) is 0. The molecule has 21 heavy (non-hydrogen) atoms. The van der Waals surface area contributed by atoms with E-state index in [0.29, 0.717) is 29.0 Å². The summed E-state index contributed by atoms with van der Waals surface area (Å²) >= 11 is 0.